The molecule has 6 nitrogen and oxygen atoms in total. The first-order valence-corrected chi connectivity index (χ1v) is 11.1. The molecule has 0 saturated carbocycles. The van der Waals surface area contributed by atoms with Crippen molar-refractivity contribution in [3.8, 4) is 11.5 Å². The van der Waals surface area contributed by atoms with Gasteiger partial charge in [0, 0.05) is 12.1 Å². The van der Waals surface area contributed by atoms with Crippen LogP contribution >= 0.6 is 0 Å². The van der Waals surface area contributed by atoms with E-state index in [1.54, 1.807) is 12.1 Å². The number of likely N-dealkylation sites (tertiary alicyclic amines) is 1. The number of aliphatic hydroxyl groups excluding tert-OH is 1. The van der Waals surface area contributed by atoms with Crippen LogP contribution in [0.4, 0.5) is 0 Å². The molecule has 1 atom stereocenters. The summed E-state index contributed by atoms with van der Waals surface area (Å²) in [6.45, 7) is 8.40. The second kappa shape index (κ2) is 9.90. The number of benzene rings is 2. The monoisotopic (exact) mass is 437 g/mol. The van der Waals surface area contributed by atoms with Crippen LogP contribution in [0, 0.1) is 13.8 Å². The van der Waals surface area contributed by atoms with Crippen LogP contribution in [0.2, 0.25) is 0 Å². The molecule has 170 valence electrons. The Balaban J connectivity index is 2.20. The van der Waals surface area contributed by atoms with Gasteiger partial charge in [-0.15, -0.1) is 0 Å². The van der Waals surface area contributed by atoms with Crippen LogP contribution in [0.15, 0.2) is 42.0 Å². The summed E-state index contributed by atoms with van der Waals surface area (Å²) in [6.07, 6.45) is 2.65. The highest BCUT2D eigenvalue weighted by Gasteiger charge is 2.46. The number of carbonyl (C=O) groups is 2. The van der Waals surface area contributed by atoms with Gasteiger partial charge in [0.2, 0.25) is 0 Å². The third-order valence-corrected chi connectivity index (χ3v) is 5.79. The van der Waals surface area contributed by atoms with Crippen molar-refractivity contribution in [3.63, 3.8) is 0 Å². The highest BCUT2D eigenvalue weighted by molar-refractivity contribution is 6.46. The number of aliphatic hydroxyl groups is 1. The van der Waals surface area contributed by atoms with E-state index in [9.17, 15) is 19.8 Å². The van der Waals surface area contributed by atoms with E-state index >= 15 is 0 Å². The number of ketones is 1. The minimum absolute atomic E-state index is 0.0203. The quantitative estimate of drug-likeness (QED) is 0.262. The molecule has 0 aromatic heterocycles. The van der Waals surface area contributed by atoms with Gasteiger partial charge in [0.05, 0.1) is 18.2 Å². The first-order chi connectivity index (χ1) is 15.3. The Morgan fingerprint density at radius 2 is 1.81 bits per heavy atom. The van der Waals surface area contributed by atoms with Gasteiger partial charge >= 0.3 is 0 Å². The zero-order valence-corrected chi connectivity index (χ0v) is 19.1. The van der Waals surface area contributed by atoms with E-state index in [1.807, 2.05) is 39.0 Å². The molecule has 1 aliphatic rings. The Morgan fingerprint density at radius 3 is 2.50 bits per heavy atom. The van der Waals surface area contributed by atoms with Crippen LogP contribution < -0.4 is 4.74 Å². The summed E-state index contributed by atoms with van der Waals surface area (Å²) in [5.74, 6) is -1.25. The van der Waals surface area contributed by atoms with Gasteiger partial charge in [-0.25, -0.2) is 0 Å². The van der Waals surface area contributed by atoms with Gasteiger partial charge < -0.3 is 19.8 Å². The fourth-order valence-electron chi connectivity index (χ4n) is 4.10. The predicted octanol–water partition coefficient (Wildman–Crippen LogP) is 5.02. The zero-order valence-electron chi connectivity index (χ0n) is 19.1. The van der Waals surface area contributed by atoms with Gasteiger partial charge in [-0.1, -0.05) is 43.5 Å². The Kier molecular flexibility index (Phi) is 7.23. The number of aromatic hydroxyl groups is 1. The number of carbonyl (C=O) groups excluding carboxylic acids is 2. The number of unbranched alkanes of at least 4 members (excludes halogenated alkanes) is 2. The number of amides is 1. The Hall–Kier alpha value is -3.28. The number of nitrogens with zero attached hydrogens (tertiary/aromatic N) is 1. The van der Waals surface area contributed by atoms with E-state index in [-0.39, 0.29) is 22.8 Å². The topological polar surface area (TPSA) is 87.1 Å². The van der Waals surface area contributed by atoms with Crippen molar-refractivity contribution in [1.29, 1.82) is 0 Å². The van der Waals surface area contributed by atoms with Crippen LogP contribution in [-0.2, 0) is 9.59 Å². The van der Waals surface area contributed by atoms with Gasteiger partial charge in [0.15, 0.2) is 11.5 Å². The smallest absolute Gasteiger partial charge is 0.295 e. The van der Waals surface area contributed by atoms with Crippen molar-refractivity contribution >= 4 is 17.4 Å². The van der Waals surface area contributed by atoms with E-state index in [0.717, 1.165) is 30.4 Å². The molecule has 3 rings (SSSR count). The van der Waals surface area contributed by atoms with E-state index in [2.05, 4.69) is 6.92 Å². The molecule has 0 spiro atoms. The molecule has 1 fully saturated rings. The number of Topliss-reactive ketones (excluding diaryl/α,β-unsaturated/α-hetero) is 1. The second-order valence-corrected chi connectivity index (χ2v) is 8.18. The molecule has 0 aliphatic carbocycles. The largest absolute Gasteiger partial charge is 0.507 e. The molecular weight excluding hydrogens is 406 g/mol. The van der Waals surface area contributed by atoms with E-state index in [1.165, 1.54) is 11.0 Å². The van der Waals surface area contributed by atoms with Crippen molar-refractivity contribution in [1.82, 2.24) is 4.90 Å². The molecular formula is C26H31NO5. The average Bonchev–Trinajstić information content (AvgIpc) is 3.02. The van der Waals surface area contributed by atoms with Crippen molar-refractivity contribution in [2.75, 3.05) is 13.2 Å². The maximum Gasteiger partial charge on any atom is 0.295 e. The van der Waals surface area contributed by atoms with E-state index in [4.69, 9.17) is 4.74 Å². The summed E-state index contributed by atoms with van der Waals surface area (Å²) < 4.78 is 5.52. The lowest BCUT2D eigenvalue weighted by Crippen LogP contribution is -2.30. The summed E-state index contributed by atoms with van der Waals surface area (Å²) in [7, 11) is 0. The molecule has 32 heavy (non-hydrogen) atoms. The lowest BCUT2D eigenvalue weighted by atomic mass is 9.93. The molecule has 1 unspecified atom stereocenters. The van der Waals surface area contributed by atoms with Gasteiger partial charge in [-0.05, 0) is 56.5 Å². The van der Waals surface area contributed by atoms with Crippen molar-refractivity contribution < 1.29 is 24.5 Å². The summed E-state index contributed by atoms with van der Waals surface area (Å²) in [5, 5.41) is 21.4. The van der Waals surface area contributed by atoms with Gasteiger partial charge in [0.1, 0.15) is 5.76 Å². The van der Waals surface area contributed by atoms with E-state index < -0.39 is 17.7 Å². The van der Waals surface area contributed by atoms with E-state index in [0.29, 0.717) is 24.3 Å². The maximum atomic E-state index is 13.1. The molecule has 2 aromatic carbocycles. The zero-order chi connectivity index (χ0) is 23.4. The van der Waals surface area contributed by atoms with Gasteiger partial charge in [0.25, 0.3) is 11.7 Å². The highest BCUT2D eigenvalue weighted by Crippen LogP contribution is 2.42. The molecule has 1 amide bonds. The lowest BCUT2D eigenvalue weighted by Gasteiger charge is -2.26. The lowest BCUT2D eigenvalue weighted by molar-refractivity contribution is -0.139. The summed E-state index contributed by atoms with van der Waals surface area (Å²) >= 11 is 0. The molecule has 1 heterocycles. The Morgan fingerprint density at radius 1 is 1.06 bits per heavy atom. The number of phenolic OH excluding ortho intramolecular Hbond substituents is 1. The van der Waals surface area contributed by atoms with Gasteiger partial charge in [-0.3, -0.25) is 9.59 Å². The SMILES string of the molecule is CCCCCN1C(=O)C(=O)/C(=C(/O)c2cc(C)ccc2C)C1c1ccc(O)c(OCC)c1. The maximum absolute atomic E-state index is 13.1. The number of hydrogen-bond acceptors (Lipinski definition) is 5. The first-order valence-electron chi connectivity index (χ1n) is 11.1. The van der Waals surface area contributed by atoms with Crippen LogP contribution in [0.3, 0.4) is 0 Å². The number of rotatable bonds is 8. The Labute approximate surface area is 189 Å². The standard InChI is InChI=1S/C26H31NO5/c1-5-7-8-13-27-23(18-11-12-20(28)21(15-18)32-6-2)22(25(30)26(27)31)24(29)19-14-16(3)9-10-17(19)4/h9-12,14-15,23,28-29H,5-8,13H2,1-4H3/b24-22+. The minimum atomic E-state index is -0.758. The van der Waals surface area contributed by atoms with Crippen LogP contribution in [0.1, 0.15) is 61.4 Å². The number of hydrogen-bond donors (Lipinski definition) is 2. The fourth-order valence-corrected chi connectivity index (χ4v) is 4.10. The van der Waals surface area contributed by atoms with Crippen molar-refractivity contribution in [2.45, 2.75) is 53.0 Å². The molecule has 0 bridgehead atoms. The molecule has 2 aromatic rings. The molecule has 2 N–H and O–H groups in total. The number of ether oxygens (including phenoxy) is 1. The van der Waals surface area contributed by atoms with Crippen LogP contribution in [0.25, 0.3) is 5.76 Å². The normalized spacial score (nSPS) is 17.8. The third-order valence-electron chi connectivity index (χ3n) is 5.79. The van der Waals surface area contributed by atoms with Crippen LogP contribution in [-0.4, -0.2) is 40.0 Å². The summed E-state index contributed by atoms with van der Waals surface area (Å²) in [6, 6.07) is 9.66. The highest BCUT2D eigenvalue weighted by atomic mass is 16.5. The summed E-state index contributed by atoms with van der Waals surface area (Å²) in [4.78, 5) is 27.7. The third kappa shape index (κ3) is 4.49. The van der Waals surface area contributed by atoms with Crippen LogP contribution in [0.5, 0.6) is 11.5 Å². The summed E-state index contributed by atoms with van der Waals surface area (Å²) in [5.41, 5.74) is 2.95. The van der Waals surface area contributed by atoms with Gasteiger partial charge in [-0.2, -0.15) is 0 Å². The molecule has 6 heteroatoms. The molecule has 1 aliphatic heterocycles. The molecule has 0 radical (unpaired) electrons. The molecule has 1 saturated heterocycles. The number of aryl methyl sites for hydroxylation is 2. The first kappa shape index (κ1) is 23.4. The number of phenols is 1. The van der Waals surface area contributed by atoms with Crippen molar-refractivity contribution in [2.24, 2.45) is 0 Å². The second-order valence-electron chi connectivity index (χ2n) is 8.18. The predicted molar refractivity (Wildman–Crippen MR) is 124 cm³/mol. The fraction of sp³-hybridized carbons (Fsp3) is 0.385. The average molecular weight is 438 g/mol. The Bertz CT molecular complexity index is 1060. The minimum Gasteiger partial charge on any atom is -0.507 e. The van der Waals surface area contributed by atoms with Crippen molar-refractivity contribution in [3.05, 3.63) is 64.2 Å².